The maximum Gasteiger partial charge on any atom is 0.328 e. The number of nitrogens with one attached hydrogen (secondary N) is 1. The van der Waals surface area contributed by atoms with Crippen LogP contribution in [0.2, 0.25) is 0 Å². The van der Waals surface area contributed by atoms with Gasteiger partial charge in [-0.15, -0.1) is 0 Å². The first-order chi connectivity index (χ1) is 7.06. The van der Waals surface area contributed by atoms with Gasteiger partial charge in [-0.05, 0) is 12.3 Å². The Bertz CT molecular complexity index is 255. The van der Waals surface area contributed by atoms with Crippen LogP contribution in [-0.2, 0) is 14.3 Å². The zero-order chi connectivity index (χ0) is 11.4. The number of carboxylic acids is 1. The molecular formula is C9H15NO5. The molecule has 1 saturated heterocycles. The predicted molar refractivity (Wildman–Crippen MR) is 50.2 cm³/mol. The molecule has 1 aliphatic rings. The van der Waals surface area contributed by atoms with E-state index in [9.17, 15) is 9.59 Å². The molecule has 0 spiro atoms. The molecule has 0 aromatic carbocycles. The van der Waals surface area contributed by atoms with Gasteiger partial charge in [-0.2, -0.15) is 0 Å². The summed E-state index contributed by atoms with van der Waals surface area (Å²) in [7, 11) is 0. The lowest BCUT2D eigenvalue weighted by atomic mass is 10.0. The molecule has 1 aliphatic heterocycles. The second-order valence-electron chi connectivity index (χ2n) is 3.64. The van der Waals surface area contributed by atoms with Crippen molar-refractivity contribution in [3.63, 3.8) is 0 Å². The summed E-state index contributed by atoms with van der Waals surface area (Å²) in [5.41, 5.74) is 0. The van der Waals surface area contributed by atoms with Gasteiger partial charge in [0.15, 0.2) is 0 Å². The van der Waals surface area contributed by atoms with Crippen LogP contribution in [0.3, 0.4) is 0 Å². The number of carbonyl (C=O) groups excluding carboxylic acids is 1. The highest BCUT2D eigenvalue weighted by molar-refractivity contribution is 5.86. The van der Waals surface area contributed by atoms with Crippen molar-refractivity contribution in [3.8, 4) is 0 Å². The first-order valence-corrected chi connectivity index (χ1v) is 4.82. The van der Waals surface area contributed by atoms with Crippen molar-refractivity contribution in [1.29, 1.82) is 0 Å². The molecule has 3 N–H and O–H groups in total. The van der Waals surface area contributed by atoms with Crippen LogP contribution < -0.4 is 5.32 Å². The minimum Gasteiger partial charge on any atom is -0.480 e. The second kappa shape index (κ2) is 5.09. The molecule has 0 saturated carbocycles. The van der Waals surface area contributed by atoms with Gasteiger partial charge in [-0.3, -0.25) is 4.79 Å². The maximum atomic E-state index is 11.5. The molecule has 0 bridgehead atoms. The van der Waals surface area contributed by atoms with Crippen LogP contribution in [0.15, 0.2) is 0 Å². The van der Waals surface area contributed by atoms with Crippen molar-refractivity contribution < 1.29 is 24.5 Å². The van der Waals surface area contributed by atoms with Gasteiger partial charge in [-0.1, -0.05) is 6.92 Å². The van der Waals surface area contributed by atoms with Gasteiger partial charge in [-0.25, -0.2) is 4.79 Å². The molecule has 2 unspecified atom stereocenters. The van der Waals surface area contributed by atoms with Gasteiger partial charge in [0, 0.05) is 6.61 Å². The monoisotopic (exact) mass is 217 g/mol. The number of rotatable bonds is 4. The van der Waals surface area contributed by atoms with Crippen LogP contribution in [0.1, 0.15) is 13.3 Å². The van der Waals surface area contributed by atoms with E-state index in [4.69, 9.17) is 14.9 Å². The summed E-state index contributed by atoms with van der Waals surface area (Å²) in [6.45, 7) is 1.75. The van der Waals surface area contributed by atoms with E-state index in [1.165, 1.54) is 0 Å². The number of carboxylic acid groups (broad SMARTS) is 1. The predicted octanol–water partition coefficient (Wildman–Crippen LogP) is -1.03. The van der Waals surface area contributed by atoms with Crippen LogP contribution in [0.5, 0.6) is 0 Å². The highest BCUT2D eigenvalue weighted by Gasteiger charge is 2.33. The van der Waals surface area contributed by atoms with Crippen molar-refractivity contribution in [3.05, 3.63) is 0 Å². The van der Waals surface area contributed by atoms with Gasteiger partial charge < -0.3 is 20.3 Å². The third-order valence-electron chi connectivity index (χ3n) is 2.44. The molecule has 0 aromatic rings. The molecule has 1 amide bonds. The van der Waals surface area contributed by atoms with Crippen molar-refractivity contribution in [2.75, 3.05) is 13.2 Å². The lowest BCUT2D eigenvalue weighted by Crippen LogP contribution is -2.48. The third kappa shape index (κ3) is 2.90. The van der Waals surface area contributed by atoms with Gasteiger partial charge >= 0.3 is 5.97 Å². The molecule has 1 heterocycles. The van der Waals surface area contributed by atoms with E-state index in [1.54, 1.807) is 0 Å². The zero-order valence-electron chi connectivity index (χ0n) is 8.47. The van der Waals surface area contributed by atoms with Crippen LogP contribution in [-0.4, -0.2) is 47.4 Å². The zero-order valence-corrected chi connectivity index (χ0v) is 8.47. The molecule has 1 fully saturated rings. The fourth-order valence-electron chi connectivity index (χ4n) is 1.47. The van der Waals surface area contributed by atoms with E-state index in [2.05, 4.69) is 5.32 Å². The van der Waals surface area contributed by atoms with E-state index >= 15 is 0 Å². The topological polar surface area (TPSA) is 95.9 Å². The van der Waals surface area contributed by atoms with Crippen molar-refractivity contribution in [2.45, 2.75) is 25.5 Å². The van der Waals surface area contributed by atoms with Crippen LogP contribution in [0.25, 0.3) is 0 Å². The average molecular weight is 217 g/mol. The number of aliphatic carboxylic acids is 1. The summed E-state index contributed by atoms with van der Waals surface area (Å²) in [5, 5.41) is 19.6. The number of aliphatic hydroxyl groups is 1. The Morgan fingerprint density at radius 2 is 2.27 bits per heavy atom. The number of amides is 1. The fourth-order valence-corrected chi connectivity index (χ4v) is 1.47. The van der Waals surface area contributed by atoms with E-state index in [0.29, 0.717) is 6.61 Å². The fraction of sp³-hybridized carbons (Fsp3) is 0.778. The van der Waals surface area contributed by atoms with E-state index < -0.39 is 30.6 Å². The molecule has 86 valence electrons. The smallest absolute Gasteiger partial charge is 0.328 e. The van der Waals surface area contributed by atoms with Gasteiger partial charge in [0.2, 0.25) is 5.91 Å². The van der Waals surface area contributed by atoms with Crippen LogP contribution in [0, 0.1) is 5.92 Å². The summed E-state index contributed by atoms with van der Waals surface area (Å²) in [5.74, 6) is -1.64. The summed E-state index contributed by atoms with van der Waals surface area (Å²) >= 11 is 0. The van der Waals surface area contributed by atoms with E-state index in [-0.39, 0.29) is 5.92 Å². The Balaban J connectivity index is 2.50. The van der Waals surface area contributed by atoms with Crippen molar-refractivity contribution >= 4 is 11.9 Å². The van der Waals surface area contributed by atoms with Gasteiger partial charge in [0.1, 0.15) is 12.1 Å². The normalized spacial score (nSPS) is 27.3. The number of carbonyl (C=O) groups is 2. The summed E-state index contributed by atoms with van der Waals surface area (Å²) in [4.78, 5) is 22.1. The number of ether oxygens (including phenoxy) is 1. The Morgan fingerprint density at radius 1 is 1.60 bits per heavy atom. The Hall–Kier alpha value is -1.14. The summed E-state index contributed by atoms with van der Waals surface area (Å²) in [6.07, 6.45) is 0.188. The first-order valence-electron chi connectivity index (χ1n) is 4.82. The third-order valence-corrected chi connectivity index (χ3v) is 2.44. The highest BCUT2D eigenvalue weighted by atomic mass is 16.5. The SMILES string of the molecule is CC1CCOC1C(=O)N[C@@H](CO)C(=O)O. The summed E-state index contributed by atoms with van der Waals surface area (Å²) in [6, 6.07) is -1.26. The average Bonchev–Trinajstić information content (AvgIpc) is 2.60. The number of hydrogen-bond acceptors (Lipinski definition) is 4. The van der Waals surface area contributed by atoms with Crippen LogP contribution in [0.4, 0.5) is 0 Å². The number of aliphatic hydroxyl groups excluding tert-OH is 1. The molecular weight excluding hydrogens is 202 g/mol. The van der Waals surface area contributed by atoms with Crippen LogP contribution >= 0.6 is 0 Å². The molecule has 15 heavy (non-hydrogen) atoms. The quantitative estimate of drug-likeness (QED) is 0.559. The lowest BCUT2D eigenvalue weighted by molar-refractivity contribution is -0.145. The summed E-state index contributed by atoms with van der Waals surface area (Å²) < 4.78 is 5.17. The molecule has 0 aliphatic carbocycles. The minimum absolute atomic E-state index is 0.0816. The Kier molecular flexibility index (Phi) is 4.05. The van der Waals surface area contributed by atoms with E-state index in [0.717, 1.165) is 6.42 Å². The van der Waals surface area contributed by atoms with Crippen molar-refractivity contribution in [1.82, 2.24) is 5.32 Å². The van der Waals surface area contributed by atoms with Gasteiger partial charge in [0.05, 0.1) is 6.61 Å². The largest absolute Gasteiger partial charge is 0.480 e. The molecule has 6 heteroatoms. The van der Waals surface area contributed by atoms with Crippen molar-refractivity contribution in [2.24, 2.45) is 5.92 Å². The van der Waals surface area contributed by atoms with E-state index in [1.807, 2.05) is 6.92 Å². The number of hydrogen-bond donors (Lipinski definition) is 3. The Labute approximate surface area is 87.2 Å². The molecule has 3 atom stereocenters. The maximum absolute atomic E-state index is 11.5. The molecule has 6 nitrogen and oxygen atoms in total. The van der Waals surface area contributed by atoms with Gasteiger partial charge in [0.25, 0.3) is 0 Å². The molecule has 0 aromatic heterocycles. The second-order valence-corrected chi connectivity index (χ2v) is 3.64. The lowest BCUT2D eigenvalue weighted by Gasteiger charge is -2.17. The molecule has 0 radical (unpaired) electrons. The standard InChI is InChI=1S/C9H15NO5/c1-5-2-3-15-7(5)8(12)10-6(4-11)9(13)14/h5-7,11H,2-4H2,1H3,(H,10,12)(H,13,14)/t5?,6-,7?/m0/s1. The first kappa shape index (κ1) is 11.9. The Morgan fingerprint density at radius 3 is 2.67 bits per heavy atom. The molecule has 1 rings (SSSR count). The highest BCUT2D eigenvalue weighted by Crippen LogP contribution is 2.19. The minimum atomic E-state index is -1.26.